The lowest BCUT2D eigenvalue weighted by molar-refractivity contribution is -0.139. The van der Waals surface area contributed by atoms with Crippen molar-refractivity contribution >= 4 is 40.2 Å². The van der Waals surface area contributed by atoms with Gasteiger partial charge in [0.2, 0.25) is 0 Å². The average Bonchev–Trinajstić information content (AvgIpc) is 2.15. The summed E-state index contributed by atoms with van der Waals surface area (Å²) in [5.74, 6) is -0.412. The van der Waals surface area contributed by atoms with Gasteiger partial charge in [0.05, 0.1) is 0 Å². The second kappa shape index (κ2) is 5.41. The Morgan fingerprint density at radius 3 is 2.86 bits per heavy atom. The van der Waals surface area contributed by atoms with Crippen LogP contribution in [0.5, 0.6) is 5.75 Å². The number of hydrogen-bond donors (Lipinski definition) is 1. The SMILES string of the molecule is O=C(O)COc1ccc(Cl)cc1CI. The van der Waals surface area contributed by atoms with Crippen LogP contribution in [-0.2, 0) is 9.22 Å². The van der Waals surface area contributed by atoms with Crippen LogP contribution in [0.3, 0.4) is 0 Å². The van der Waals surface area contributed by atoms with Gasteiger partial charge in [-0.15, -0.1) is 0 Å². The fraction of sp³-hybridized carbons (Fsp3) is 0.222. The molecule has 1 N–H and O–H groups in total. The highest BCUT2D eigenvalue weighted by molar-refractivity contribution is 14.1. The molecule has 0 bridgehead atoms. The number of hydrogen-bond acceptors (Lipinski definition) is 2. The van der Waals surface area contributed by atoms with E-state index in [1.807, 2.05) is 0 Å². The minimum atomic E-state index is -0.987. The summed E-state index contributed by atoms with van der Waals surface area (Å²) in [5.41, 5.74) is 0.902. The Balaban J connectivity index is 2.80. The van der Waals surface area contributed by atoms with Gasteiger partial charge in [0.1, 0.15) is 5.75 Å². The molecule has 76 valence electrons. The summed E-state index contributed by atoms with van der Waals surface area (Å²) in [4.78, 5) is 10.3. The molecule has 1 aromatic carbocycles. The molecule has 0 aromatic heterocycles. The molecule has 0 saturated carbocycles. The molecule has 0 aliphatic rings. The molecule has 1 rings (SSSR count). The van der Waals surface area contributed by atoms with Crippen LogP contribution in [0.1, 0.15) is 5.56 Å². The van der Waals surface area contributed by atoms with Crippen LogP contribution in [0.4, 0.5) is 0 Å². The van der Waals surface area contributed by atoms with Gasteiger partial charge in [0.25, 0.3) is 0 Å². The maximum atomic E-state index is 10.3. The Morgan fingerprint density at radius 1 is 1.57 bits per heavy atom. The molecule has 14 heavy (non-hydrogen) atoms. The van der Waals surface area contributed by atoms with Gasteiger partial charge in [-0.2, -0.15) is 0 Å². The summed E-state index contributed by atoms with van der Waals surface area (Å²) < 4.78 is 5.81. The van der Waals surface area contributed by atoms with E-state index in [1.54, 1.807) is 18.2 Å². The fourth-order valence-electron chi connectivity index (χ4n) is 0.933. The maximum absolute atomic E-state index is 10.3. The number of carboxylic acid groups (broad SMARTS) is 1. The molecular weight excluding hydrogens is 318 g/mol. The molecular formula is C9H8ClIO3. The molecule has 0 amide bonds. The summed E-state index contributed by atoms with van der Waals surface area (Å²) in [6.07, 6.45) is 0. The van der Waals surface area contributed by atoms with Crippen LogP contribution < -0.4 is 4.74 Å². The molecule has 0 spiro atoms. The zero-order chi connectivity index (χ0) is 10.6. The second-order valence-corrected chi connectivity index (χ2v) is 3.77. The summed E-state index contributed by atoms with van der Waals surface area (Å²) in [7, 11) is 0. The number of alkyl halides is 1. The minimum absolute atomic E-state index is 0.328. The largest absolute Gasteiger partial charge is 0.482 e. The van der Waals surface area contributed by atoms with E-state index in [-0.39, 0.29) is 6.61 Å². The standard InChI is InChI=1S/C9H8ClIO3/c10-7-1-2-8(6(3-7)4-11)14-5-9(12)13/h1-3H,4-5H2,(H,12,13). The lowest BCUT2D eigenvalue weighted by Crippen LogP contribution is -2.10. The van der Waals surface area contributed by atoms with Crippen molar-refractivity contribution < 1.29 is 14.6 Å². The first-order valence-corrected chi connectivity index (χ1v) is 5.73. The predicted octanol–water partition coefficient (Wildman–Crippen LogP) is 2.74. The molecule has 0 heterocycles. The summed E-state index contributed by atoms with van der Waals surface area (Å²) in [5, 5.41) is 9.06. The number of rotatable bonds is 4. The zero-order valence-electron chi connectivity index (χ0n) is 7.17. The molecule has 0 radical (unpaired) electrons. The molecule has 3 nitrogen and oxygen atoms in total. The summed E-state index contributed by atoms with van der Waals surface area (Å²) >= 11 is 7.95. The number of halogens is 2. The van der Waals surface area contributed by atoms with Gasteiger partial charge in [0, 0.05) is 15.0 Å². The van der Waals surface area contributed by atoms with E-state index < -0.39 is 5.97 Å². The molecule has 0 fully saturated rings. The topological polar surface area (TPSA) is 46.5 Å². The highest BCUT2D eigenvalue weighted by Gasteiger charge is 2.05. The molecule has 0 aliphatic carbocycles. The van der Waals surface area contributed by atoms with Crippen molar-refractivity contribution in [3.63, 3.8) is 0 Å². The molecule has 0 atom stereocenters. The highest BCUT2D eigenvalue weighted by atomic mass is 127. The normalized spacial score (nSPS) is 9.86. The van der Waals surface area contributed by atoms with Crippen molar-refractivity contribution in [1.82, 2.24) is 0 Å². The van der Waals surface area contributed by atoms with Gasteiger partial charge in [-0.05, 0) is 18.2 Å². The van der Waals surface area contributed by atoms with Crippen molar-refractivity contribution in [3.05, 3.63) is 28.8 Å². The molecule has 5 heteroatoms. The van der Waals surface area contributed by atoms with E-state index in [2.05, 4.69) is 22.6 Å². The number of carbonyl (C=O) groups is 1. The van der Waals surface area contributed by atoms with Crippen LogP contribution in [-0.4, -0.2) is 17.7 Å². The first kappa shape index (κ1) is 11.6. The van der Waals surface area contributed by atoms with E-state index in [4.69, 9.17) is 21.4 Å². The van der Waals surface area contributed by atoms with Gasteiger partial charge < -0.3 is 9.84 Å². The molecule has 0 aliphatic heterocycles. The Bertz CT molecular complexity index is 341. The average molecular weight is 327 g/mol. The maximum Gasteiger partial charge on any atom is 0.341 e. The monoisotopic (exact) mass is 326 g/mol. The number of benzene rings is 1. The Hall–Kier alpha value is -0.490. The van der Waals surface area contributed by atoms with Gasteiger partial charge >= 0.3 is 5.97 Å². The van der Waals surface area contributed by atoms with Crippen LogP contribution in [0, 0.1) is 0 Å². The van der Waals surface area contributed by atoms with E-state index >= 15 is 0 Å². The highest BCUT2D eigenvalue weighted by Crippen LogP contribution is 2.24. The predicted molar refractivity (Wildman–Crippen MR) is 62.3 cm³/mol. The van der Waals surface area contributed by atoms with E-state index in [1.165, 1.54) is 0 Å². The van der Waals surface area contributed by atoms with E-state index in [0.29, 0.717) is 10.8 Å². The first-order valence-electron chi connectivity index (χ1n) is 3.82. The van der Waals surface area contributed by atoms with Crippen molar-refractivity contribution in [3.8, 4) is 5.75 Å². The smallest absolute Gasteiger partial charge is 0.341 e. The van der Waals surface area contributed by atoms with Crippen molar-refractivity contribution in [1.29, 1.82) is 0 Å². The number of ether oxygens (including phenoxy) is 1. The van der Waals surface area contributed by atoms with Gasteiger partial charge in [0.15, 0.2) is 6.61 Å². The van der Waals surface area contributed by atoms with Crippen molar-refractivity contribution in [2.24, 2.45) is 0 Å². The minimum Gasteiger partial charge on any atom is -0.482 e. The Labute approximate surface area is 100 Å². The summed E-state index contributed by atoms with van der Waals surface area (Å²) in [6, 6.07) is 5.12. The first-order chi connectivity index (χ1) is 6.63. The zero-order valence-corrected chi connectivity index (χ0v) is 10.1. The molecule has 0 unspecified atom stereocenters. The van der Waals surface area contributed by atoms with Crippen LogP contribution in [0.2, 0.25) is 5.02 Å². The Kier molecular flexibility index (Phi) is 4.47. The van der Waals surface area contributed by atoms with Crippen molar-refractivity contribution in [2.45, 2.75) is 4.43 Å². The van der Waals surface area contributed by atoms with Gasteiger partial charge in [-0.25, -0.2) is 4.79 Å². The van der Waals surface area contributed by atoms with Gasteiger partial charge in [-0.1, -0.05) is 34.2 Å². The lowest BCUT2D eigenvalue weighted by Gasteiger charge is -2.07. The Morgan fingerprint density at radius 2 is 2.29 bits per heavy atom. The van der Waals surface area contributed by atoms with E-state index in [9.17, 15) is 4.79 Å². The lowest BCUT2D eigenvalue weighted by atomic mass is 10.2. The molecule has 0 saturated heterocycles. The third kappa shape index (κ3) is 3.34. The third-order valence-electron chi connectivity index (χ3n) is 1.52. The quantitative estimate of drug-likeness (QED) is 0.683. The fourth-order valence-corrected chi connectivity index (χ4v) is 1.72. The van der Waals surface area contributed by atoms with Crippen LogP contribution >= 0.6 is 34.2 Å². The second-order valence-electron chi connectivity index (χ2n) is 2.57. The van der Waals surface area contributed by atoms with Gasteiger partial charge in [-0.3, -0.25) is 0 Å². The summed E-state index contributed by atoms with van der Waals surface area (Å²) in [6.45, 7) is -0.328. The van der Waals surface area contributed by atoms with Crippen molar-refractivity contribution in [2.75, 3.05) is 6.61 Å². The third-order valence-corrected chi connectivity index (χ3v) is 2.57. The number of aliphatic carboxylic acids is 1. The number of carboxylic acids is 1. The van der Waals surface area contributed by atoms with Crippen LogP contribution in [0.15, 0.2) is 18.2 Å². The van der Waals surface area contributed by atoms with Crippen LogP contribution in [0.25, 0.3) is 0 Å². The van der Waals surface area contributed by atoms with E-state index in [0.717, 1.165) is 9.99 Å². The molecule has 1 aromatic rings.